The van der Waals surface area contributed by atoms with E-state index in [-0.39, 0.29) is 18.1 Å². The molecule has 1 N–H and O–H groups in total. The highest BCUT2D eigenvalue weighted by Crippen LogP contribution is 2.44. The summed E-state index contributed by atoms with van der Waals surface area (Å²) in [6.07, 6.45) is -0.314. The van der Waals surface area contributed by atoms with Gasteiger partial charge in [-0.25, -0.2) is 9.78 Å². The van der Waals surface area contributed by atoms with E-state index in [1.54, 1.807) is 11.0 Å². The summed E-state index contributed by atoms with van der Waals surface area (Å²) in [5.74, 6) is 0.0463. The SMILES string of the molecule is O=C(OCC1c2ccccc2-c2ccccc21)N1CCNC(c2ccc(Cl)nc2Cl)C1. The highest BCUT2D eigenvalue weighted by Gasteiger charge is 2.31. The second-order valence-electron chi connectivity index (χ2n) is 7.77. The van der Waals surface area contributed by atoms with Gasteiger partial charge in [0.25, 0.3) is 0 Å². The molecule has 5 nitrogen and oxygen atoms in total. The number of carbonyl (C=O) groups excluding carboxylic acids is 1. The van der Waals surface area contributed by atoms with Gasteiger partial charge in [0.15, 0.2) is 0 Å². The van der Waals surface area contributed by atoms with Crippen LogP contribution in [0.25, 0.3) is 11.1 Å². The molecule has 31 heavy (non-hydrogen) atoms. The lowest BCUT2D eigenvalue weighted by molar-refractivity contribution is 0.0883. The van der Waals surface area contributed by atoms with Crippen molar-refractivity contribution in [1.29, 1.82) is 0 Å². The first kappa shape index (κ1) is 20.3. The highest BCUT2D eigenvalue weighted by atomic mass is 35.5. The molecule has 0 saturated carbocycles. The van der Waals surface area contributed by atoms with Crippen molar-refractivity contribution in [3.8, 4) is 11.1 Å². The fourth-order valence-corrected chi connectivity index (χ4v) is 4.97. The smallest absolute Gasteiger partial charge is 0.409 e. The van der Waals surface area contributed by atoms with Crippen LogP contribution in [0.1, 0.15) is 28.7 Å². The predicted molar refractivity (Wildman–Crippen MR) is 122 cm³/mol. The second-order valence-corrected chi connectivity index (χ2v) is 8.52. The number of benzene rings is 2. The number of hydrogen-bond donors (Lipinski definition) is 1. The van der Waals surface area contributed by atoms with Crippen LogP contribution >= 0.6 is 23.2 Å². The molecule has 158 valence electrons. The number of carbonyl (C=O) groups is 1. The zero-order chi connectivity index (χ0) is 21.4. The number of rotatable bonds is 3. The van der Waals surface area contributed by atoms with Crippen molar-refractivity contribution in [1.82, 2.24) is 15.2 Å². The van der Waals surface area contributed by atoms with Crippen molar-refractivity contribution in [3.63, 3.8) is 0 Å². The summed E-state index contributed by atoms with van der Waals surface area (Å²) in [7, 11) is 0. The lowest BCUT2D eigenvalue weighted by Crippen LogP contribution is -2.48. The van der Waals surface area contributed by atoms with Crippen LogP contribution in [-0.4, -0.2) is 42.2 Å². The molecular weight excluding hydrogens is 433 g/mol. The Morgan fingerprint density at radius 3 is 2.35 bits per heavy atom. The number of nitrogens with zero attached hydrogens (tertiary/aromatic N) is 2. The third-order valence-corrected chi connectivity index (χ3v) is 6.50. The standard InChI is InChI=1S/C24H21Cl2N3O2/c25-22-10-9-19(23(26)28-22)21-13-29(12-11-27-21)24(30)31-14-20-17-7-3-1-5-15(17)16-6-2-4-8-18(16)20/h1-10,20-21,27H,11-14H2. The van der Waals surface area contributed by atoms with Crippen LogP contribution in [0.5, 0.6) is 0 Å². The number of amides is 1. The third-order valence-electron chi connectivity index (χ3n) is 5.99. The van der Waals surface area contributed by atoms with Crippen LogP contribution in [0.2, 0.25) is 10.3 Å². The Labute approximate surface area is 190 Å². The number of halogens is 2. The first-order valence-corrected chi connectivity index (χ1v) is 11.0. The van der Waals surface area contributed by atoms with Crippen LogP contribution in [0.15, 0.2) is 60.7 Å². The normalized spacial score (nSPS) is 17.9. The van der Waals surface area contributed by atoms with Crippen molar-refractivity contribution >= 4 is 29.3 Å². The molecule has 2 aliphatic rings. The van der Waals surface area contributed by atoms with Crippen LogP contribution in [0.4, 0.5) is 4.79 Å². The van der Waals surface area contributed by atoms with Crippen molar-refractivity contribution in [2.24, 2.45) is 0 Å². The van der Waals surface area contributed by atoms with Gasteiger partial charge < -0.3 is 15.0 Å². The van der Waals surface area contributed by atoms with Gasteiger partial charge in [0.1, 0.15) is 16.9 Å². The van der Waals surface area contributed by atoms with E-state index >= 15 is 0 Å². The minimum Gasteiger partial charge on any atom is -0.448 e. The number of fused-ring (bicyclic) bond motifs is 3. The average molecular weight is 454 g/mol. The molecule has 1 aromatic heterocycles. The fraction of sp³-hybridized carbons (Fsp3) is 0.250. The number of nitrogens with one attached hydrogen (secondary N) is 1. The van der Waals surface area contributed by atoms with Gasteiger partial charge in [0.05, 0.1) is 6.04 Å². The summed E-state index contributed by atoms with van der Waals surface area (Å²) >= 11 is 12.2. The Bertz CT molecular complexity index is 1090. The quantitative estimate of drug-likeness (QED) is 0.547. The largest absolute Gasteiger partial charge is 0.448 e. The van der Waals surface area contributed by atoms with E-state index in [2.05, 4.69) is 34.6 Å². The van der Waals surface area contributed by atoms with Gasteiger partial charge in [-0.3, -0.25) is 0 Å². The first-order chi connectivity index (χ1) is 15.1. The summed E-state index contributed by atoms with van der Waals surface area (Å²) in [6, 6.07) is 20.1. The van der Waals surface area contributed by atoms with Gasteiger partial charge >= 0.3 is 6.09 Å². The predicted octanol–water partition coefficient (Wildman–Crippen LogP) is 5.28. The molecule has 1 unspecified atom stereocenters. The van der Waals surface area contributed by atoms with E-state index in [1.165, 1.54) is 22.3 Å². The minimum absolute atomic E-state index is 0.0463. The van der Waals surface area contributed by atoms with Gasteiger partial charge in [-0.1, -0.05) is 77.8 Å². The van der Waals surface area contributed by atoms with Crippen LogP contribution < -0.4 is 5.32 Å². The second kappa shape index (κ2) is 8.50. The van der Waals surface area contributed by atoms with Gasteiger partial charge in [0.2, 0.25) is 0 Å². The van der Waals surface area contributed by atoms with Crippen LogP contribution in [-0.2, 0) is 4.74 Å². The minimum atomic E-state index is -0.314. The maximum atomic E-state index is 12.9. The van der Waals surface area contributed by atoms with E-state index in [1.807, 2.05) is 30.3 Å². The molecule has 1 fully saturated rings. The fourth-order valence-electron chi connectivity index (χ4n) is 4.49. The van der Waals surface area contributed by atoms with E-state index in [0.29, 0.717) is 36.5 Å². The lowest BCUT2D eigenvalue weighted by Gasteiger charge is -2.33. The van der Waals surface area contributed by atoms with E-state index < -0.39 is 0 Å². The molecule has 1 amide bonds. The van der Waals surface area contributed by atoms with E-state index in [9.17, 15) is 4.79 Å². The van der Waals surface area contributed by atoms with Crippen LogP contribution in [0.3, 0.4) is 0 Å². The summed E-state index contributed by atoms with van der Waals surface area (Å²) < 4.78 is 5.80. The molecule has 0 spiro atoms. The monoisotopic (exact) mass is 453 g/mol. The average Bonchev–Trinajstić information content (AvgIpc) is 3.11. The third kappa shape index (κ3) is 3.89. The Hall–Kier alpha value is -2.60. The van der Waals surface area contributed by atoms with Crippen molar-refractivity contribution in [3.05, 3.63) is 87.7 Å². The van der Waals surface area contributed by atoms with Gasteiger partial charge in [-0.05, 0) is 28.3 Å². The summed E-state index contributed by atoms with van der Waals surface area (Å²) in [4.78, 5) is 18.7. The Morgan fingerprint density at radius 1 is 1.00 bits per heavy atom. The number of piperazine rings is 1. The Balaban J connectivity index is 1.29. The molecule has 0 radical (unpaired) electrons. The number of hydrogen-bond acceptors (Lipinski definition) is 4. The molecule has 2 aromatic carbocycles. The maximum Gasteiger partial charge on any atom is 0.409 e. The molecule has 1 saturated heterocycles. The molecule has 7 heteroatoms. The number of aromatic nitrogens is 1. The van der Waals surface area contributed by atoms with Crippen molar-refractivity contribution in [2.75, 3.05) is 26.2 Å². The van der Waals surface area contributed by atoms with E-state index in [0.717, 1.165) is 5.56 Å². The maximum absolute atomic E-state index is 12.9. The van der Waals surface area contributed by atoms with Gasteiger partial charge in [-0.2, -0.15) is 0 Å². The topological polar surface area (TPSA) is 54.5 Å². The highest BCUT2D eigenvalue weighted by molar-refractivity contribution is 6.32. The zero-order valence-electron chi connectivity index (χ0n) is 16.7. The molecule has 5 rings (SSSR count). The Morgan fingerprint density at radius 2 is 1.68 bits per heavy atom. The van der Waals surface area contributed by atoms with Crippen molar-refractivity contribution in [2.45, 2.75) is 12.0 Å². The number of pyridine rings is 1. The molecule has 1 aliphatic carbocycles. The van der Waals surface area contributed by atoms with Crippen molar-refractivity contribution < 1.29 is 9.53 Å². The summed E-state index contributed by atoms with van der Waals surface area (Å²) in [6.45, 7) is 1.99. The molecular formula is C24H21Cl2N3O2. The Kier molecular flexibility index (Phi) is 5.57. The van der Waals surface area contributed by atoms with E-state index in [4.69, 9.17) is 27.9 Å². The molecule has 3 aromatic rings. The zero-order valence-corrected chi connectivity index (χ0v) is 18.2. The van der Waals surface area contributed by atoms with Gasteiger partial charge in [0, 0.05) is 31.1 Å². The van der Waals surface area contributed by atoms with Gasteiger partial charge in [-0.15, -0.1) is 0 Å². The molecule has 1 atom stereocenters. The molecule has 1 aliphatic heterocycles. The molecule has 2 heterocycles. The van der Waals surface area contributed by atoms with Crippen LogP contribution in [0, 0.1) is 0 Å². The first-order valence-electron chi connectivity index (χ1n) is 10.3. The lowest BCUT2D eigenvalue weighted by atomic mass is 9.98. The molecule has 0 bridgehead atoms. The summed E-state index contributed by atoms with van der Waals surface area (Å²) in [5.41, 5.74) is 5.65. The summed E-state index contributed by atoms with van der Waals surface area (Å²) in [5, 5.41) is 4.08. The number of ether oxygens (including phenoxy) is 1.